The van der Waals surface area contributed by atoms with Gasteiger partial charge in [-0.05, 0) is 32.0 Å². The maximum absolute atomic E-state index is 6.26. The van der Waals surface area contributed by atoms with Gasteiger partial charge in [-0.3, -0.25) is 5.10 Å². The fourth-order valence-corrected chi connectivity index (χ4v) is 2.31. The van der Waals surface area contributed by atoms with Crippen LogP contribution in [0.15, 0.2) is 24.5 Å². The predicted molar refractivity (Wildman–Crippen MR) is 82.3 cm³/mol. The molecule has 6 nitrogen and oxygen atoms in total. The minimum Gasteiger partial charge on any atom is -0.489 e. The van der Waals surface area contributed by atoms with Crippen molar-refractivity contribution < 1.29 is 4.74 Å². The number of aromatic amines is 1. The summed E-state index contributed by atoms with van der Waals surface area (Å²) >= 11 is 6.26. The average Bonchev–Trinajstić information content (AvgIpc) is 2.86. The molecule has 108 valence electrons. The molecule has 2 aromatic heterocycles. The van der Waals surface area contributed by atoms with E-state index in [0.29, 0.717) is 33.3 Å². The number of aromatic nitrogens is 4. The van der Waals surface area contributed by atoms with Crippen molar-refractivity contribution in [3.05, 3.63) is 29.5 Å². The highest BCUT2D eigenvalue weighted by molar-refractivity contribution is 6.32. The maximum atomic E-state index is 6.26. The van der Waals surface area contributed by atoms with E-state index < -0.39 is 0 Å². The lowest BCUT2D eigenvalue weighted by molar-refractivity contribution is 0.242. The highest BCUT2D eigenvalue weighted by atomic mass is 35.5. The molecule has 0 unspecified atom stereocenters. The van der Waals surface area contributed by atoms with Crippen molar-refractivity contribution in [1.29, 1.82) is 0 Å². The van der Waals surface area contributed by atoms with E-state index in [1.807, 2.05) is 26.0 Å². The molecule has 0 bridgehead atoms. The molecule has 3 rings (SSSR count). The molecule has 0 amide bonds. The van der Waals surface area contributed by atoms with E-state index in [4.69, 9.17) is 22.1 Å². The Bertz CT molecular complexity index is 799. The third kappa shape index (κ3) is 2.50. The summed E-state index contributed by atoms with van der Waals surface area (Å²) in [5.41, 5.74) is 7.99. The molecule has 0 saturated carbocycles. The molecule has 0 fully saturated rings. The molecule has 0 aliphatic rings. The Kier molecular flexibility index (Phi) is 3.39. The fraction of sp³-hybridized carbons (Fsp3) is 0.214. The molecule has 3 aromatic rings. The first-order valence-corrected chi connectivity index (χ1v) is 6.85. The molecule has 1 aromatic carbocycles. The van der Waals surface area contributed by atoms with Gasteiger partial charge in [0.05, 0.1) is 16.5 Å². The van der Waals surface area contributed by atoms with Crippen molar-refractivity contribution in [2.75, 3.05) is 5.73 Å². The van der Waals surface area contributed by atoms with E-state index in [-0.39, 0.29) is 6.10 Å². The average molecular weight is 304 g/mol. The van der Waals surface area contributed by atoms with Crippen molar-refractivity contribution >= 4 is 28.5 Å². The Morgan fingerprint density at radius 2 is 2.10 bits per heavy atom. The van der Waals surface area contributed by atoms with E-state index in [0.717, 1.165) is 5.56 Å². The first kappa shape index (κ1) is 13.6. The fourth-order valence-electron chi connectivity index (χ4n) is 2.09. The van der Waals surface area contributed by atoms with Crippen LogP contribution in [0.25, 0.3) is 22.3 Å². The van der Waals surface area contributed by atoms with Crippen LogP contribution in [-0.2, 0) is 0 Å². The summed E-state index contributed by atoms with van der Waals surface area (Å²) < 4.78 is 5.62. The normalized spacial score (nSPS) is 11.2. The number of hydrogen-bond donors (Lipinski definition) is 2. The maximum Gasteiger partial charge on any atom is 0.161 e. The number of hydrogen-bond acceptors (Lipinski definition) is 5. The zero-order chi connectivity index (χ0) is 15.0. The Morgan fingerprint density at radius 1 is 1.29 bits per heavy atom. The van der Waals surface area contributed by atoms with Crippen LogP contribution in [0.4, 0.5) is 5.82 Å². The van der Waals surface area contributed by atoms with E-state index in [1.165, 1.54) is 6.33 Å². The Labute approximate surface area is 126 Å². The number of rotatable bonds is 3. The van der Waals surface area contributed by atoms with E-state index in [2.05, 4.69) is 20.2 Å². The molecule has 0 spiro atoms. The second-order valence-corrected chi connectivity index (χ2v) is 5.27. The first-order valence-electron chi connectivity index (χ1n) is 6.47. The number of nitrogens with zero attached hydrogens (tertiary/aromatic N) is 3. The number of anilines is 1. The first-order chi connectivity index (χ1) is 10.1. The molecule has 0 radical (unpaired) electrons. The van der Waals surface area contributed by atoms with Gasteiger partial charge in [-0.15, -0.1) is 0 Å². The van der Waals surface area contributed by atoms with E-state index >= 15 is 0 Å². The molecule has 21 heavy (non-hydrogen) atoms. The summed E-state index contributed by atoms with van der Waals surface area (Å²) in [6.07, 6.45) is 1.45. The molecule has 0 saturated heterocycles. The van der Waals surface area contributed by atoms with Crippen LogP contribution < -0.4 is 10.5 Å². The number of nitrogen functional groups attached to an aromatic ring is 1. The van der Waals surface area contributed by atoms with Gasteiger partial charge >= 0.3 is 0 Å². The predicted octanol–water partition coefficient (Wildman–Crippen LogP) is 3.04. The van der Waals surface area contributed by atoms with Gasteiger partial charge in [0, 0.05) is 5.56 Å². The molecule has 0 aliphatic carbocycles. The van der Waals surface area contributed by atoms with Gasteiger partial charge in [0.15, 0.2) is 5.65 Å². The van der Waals surface area contributed by atoms with Crippen molar-refractivity contribution in [2.45, 2.75) is 20.0 Å². The monoisotopic (exact) mass is 303 g/mol. The molecule has 2 heterocycles. The Hall–Kier alpha value is -2.34. The zero-order valence-corrected chi connectivity index (χ0v) is 12.3. The zero-order valence-electron chi connectivity index (χ0n) is 11.6. The molecular weight excluding hydrogens is 290 g/mol. The summed E-state index contributed by atoms with van der Waals surface area (Å²) in [7, 11) is 0. The van der Waals surface area contributed by atoms with Crippen LogP contribution in [0.5, 0.6) is 5.75 Å². The highest BCUT2D eigenvalue weighted by Gasteiger charge is 2.14. The standard InChI is InChI=1S/C14H14ClN5O/c1-7(2)21-10-4-3-8(5-9(10)15)12-11-13(16)17-6-18-14(11)20-19-12/h3-7H,1-2H3,(H3,16,17,18,19,20). The number of ether oxygens (including phenoxy) is 1. The molecule has 0 atom stereocenters. The molecule has 0 aliphatic heterocycles. The summed E-state index contributed by atoms with van der Waals surface area (Å²) in [5, 5.41) is 8.30. The topological polar surface area (TPSA) is 89.7 Å². The second-order valence-electron chi connectivity index (χ2n) is 4.87. The minimum absolute atomic E-state index is 0.0589. The Morgan fingerprint density at radius 3 is 2.81 bits per heavy atom. The van der Waals surface area contributed by atoms with Gasteiger partial charge in [0.25, 0.3) is 0 Å². The van der Waals surface area contributed by atoms with Crippen LogP contribution in [0.3, 0.4) is 0 Å². The van der Waals surface area contributed by atoms with Crippen LogP contribution in [0, 0.1) is 0 Å². The second kappa shape index (κ2) is 5.21. The quantitative estimate of drug-likeness (QED) is 0.776. The van der Waals surface area contributed by atoms with E-state index in [1.54, 1.807) is 6.07 Å². The van der Waals surface area contributed by atoms with Crippen molar-refractivity contribution in [3.63, 3.8) is 0 Å². The summed E-state index contributed by atoms with van der Waals surface area (Å²) in [6, 6.07) is 5.49. The van der Waals surface area contributed by atoms with Gasteiger partial charge in [0.1, 0.15) is 23.6 Å². The number of nitrogens with one attached hydrogen (secondary N) is 1. The molecule has 7 heteroatoms. The van der Waals surface area contributed by atoms with Gasteiger partial charge in [-0.25, -0.2) is 9.97 Å². The van der Waals surface area contributed by atoms with Gasteiger partial charge in [-0.2, -0.15) is 5.10 Å². The number of halogens is 1. The SMILES string of the molecule is CC(C)Oc1ccc(-c2n[nH]c3ncnc(N)c23)cc1Cl. The van der Waals surface area contributed by atoms with Gasteiger partial charge < -0.3 is 10.5 Å². The van der Waals surface area contributed by atoms with Crippen LogP contribution >= 0.6 is 11.6 Å². The lowest BCUT2D eigenvalue weighted by atomic mass is 10.1. The van der Waals surface area contributed by atoms with Crippen molar-refractivity contribution in [2.24, 2.45) is 0 Å². The summed E-state index contributed by atoms with van der Waals surface area (Å²) in [4.78, 5) is 8.09. The highest BCUT2D eigenvalue weighted by Crippen LogP contribution is 2.34. The van der Waals surface area contributed by atoms with Gasteiger partial charge in [-0.1, -0.05) is 11.6 Å². The van der Waals surface area contributed by atoms with Gasteiger partial charge in [0.2, 0.25) is 0 Å². The van der Waals surface area contributed by atoms with Crippen LogP contribution in [0.1, 0.15) is 13.8 Å². The third-order valence-corrected chi connectivity index (χ3v) is 3.25. The number of benzene rings is 1. The minimum atomic E-state index is 0.0589. The third-order valence-electron chi connectivity index (χ3n) is 2.95. The van der Waals surface area contributed by atoms with Crippen LogP contribution in [-0.4, -0.2) is 26.3 Å². The Balaban J connectivity index is 2.09. The summed E-state index contributed by atoms with van der Waals surface area (Å²) in [5.74, 6) is 1.02. The smallest absolute Gasteiger partial charge is 0.161 e. The number of H-pyrrole nitrogens is 1. The van der Waals surface area contributed by atoms with Crippen LogP contribution in [0.2, 0.25) is 5.02 Å². The largest absolute Gasteiger partial charge is 0.489 e. The lowest BCUT2D eigenvalue weighted by Crippen LogP contribution is -2.05. The molecular formula is C14H14ClN5O. The number of nitrogens with two attached hydrogens (primary N) is 1. The number of fused-ring (bicyclic) bond motifs is 1. The van der Waals surface area contributed by atoms with Crippen molar-refractivity contribution in [3.8, 4) is 17.0 Å². The van der Waals surface area contributed by atoms with E-state index in [9.17, 15) is 0 Å². The van der Waals surface area contributed by atoms with Crippen molar-refractivity contribution in [1.82, 2.24) is 20.2 Å². The molecule has 3 N–H and O–H groups in total. The lowest BCUT2D eigenvalue weighted by Gasteiger charge is -2.11. The summed E-state index contributed by atoms with van der Waals surface area (Å²) in [6.45, 7) is 3.90.